The number of hydrogen-bond acceptors (Lipinski definition) is 2. The molecule has 0 spiro atoms. The Hall–Kier alpha value is -1.21. The number of ether oxygens (including phenoxy) is 1. The Kier molecular flexibility index (Phi) is 4.29. The minimum Gasteiger partial charge on any atom is -0.455 e. The number of nitrogens with two attached hydrogens (primary N) is 1. The molecule has 7 heteroatoms. The summed E-state index contributed by atoms with van der Waals surface area (Å²) in [5.74, 6) is -0.141. The summed E-state index contributed by atoms with van der Waals surface area (Å²) in [7, 11) is 0. The monoisotopic (exact) mass is 409 g/mol. The second-order valence-electron chi connectivity index (χ2n) is 3.92. The molecule has 2 nitrogen and oxygen atoms in total. The Morgan fingerprint density at radius 3 is 2.10 bits per heavy atom. The summed E-state index contributed by atoms with van der Waals surface area (Å²) in [6.45, 7) is 0. The Balaban J connectivity index is 2.45. The molecule has 0 fully saturated rings. The van der Waals surface area contributed by atoms with Crippen LogP contribution < -0.4 is 10.5 Å². The first-order valence-corrected chi connectivity index (χ1v) is 6.95. The molecule has 0 aliphatic carbocycles. The number of nitrogen functional groups attached to an aromatic ring is 1. The number of benzene rings is 2. The summed E-state index contributed by atoms with van der Waals surface area (Å²) in [5, 5.41) is 0. The van der Waals surface area contributed by atoms with Gasteiger partial charge in [-0.1, -0.05) is 31.9 Å². The highest BCUT2D eigenvalue weighted by Gasteiger charge is 2.34. The van der Waals surface area contributed by atoms with Crippen molar-refractivity contribution < 1.29 is 17.9 Å². The first-order valence-electron chi connectivity index (χ1n) is 5.37. The van der Waals surface area contributed by atoms with Crippen molar-refractivity contribution in [2.75, 3.05) is 5.73 Å². The van der Waals surface area contributed by atoms with Crippen LogP contribution in [0.3, 0.4) is 0 Å². The summed E-state index contributed by atoms with van der Waals surface area (Å²) in [6.07, 6.45) is -4.50. The van der Waals surface area contributed by atoms with Gasteiger partial charge >= 0.3 is 6.18 Å². The molecule has 0 bridgehead atoms. The van der Waals surface area contributed by atoms with Crippen molar-refractivity contribution >= 4 is 37.5 Å². The predicted molar refractivity (Wildman–Crippen MR) is 77.8 cm³/mol. The fourth-order valence-electron chi connectivity index (χ4n) is 1.55. The largest absolute Gasteiger partial charge is 0.455 e. The maximum Gasteiger partial charge on any atom is 0.419 e. The van der Waals surface area contributed by atoms with Gasteiger partial charge in [-0.2, -0.15) is 13.2 Å². The minimum absolute atomic E-state index is 0.164. The molecule has 2 aromatic rings. The van der Waals surface area contributed by atoms with Crippen molar-refractivity contribution in [1.29, 1.82) is 0 Å². The van der Waals surface area contributed by atoms with E-state index in [4.69, 9.17) is 10.5 Å². The second-order valence-corrected chi connectivity index (χ2v) is 5.75. The van der Waals surface area contributed by atoms with Crippen LogP contribution >= 0.6 is 31.9 Å². The molecule has 2 rings (SSSR count). The summed E-state index contributed by atoms with van der Waals surface area (Å²) in [4.78, 5) is 0. The topological polar surface area (TPSA) is 35.2 Å². The molecule has 0 aliphatic rings. The van der Waals surface area contributed by atoms with Gasteiger partial charge in [0.1, 0.15) is 11.5 Å². The van der Waals surface area contributed by atoms with Crippen LogP contribution in [0, 0.1) is 0 Å². The van der Waals surface area contributed by atoms with E-state index in [0.29, 0.717) is 8.95 Å². The van der Waals surface area contributed by atoms with Crippen LogP contribution in [0.2, 0.25) is 0 Å². The van der Waals surface area contributed by atoms with Gasteiger partial charge in [-0.15, -0.1) is 0 Å². The second kappa shape index (κ2) is 5.65. The van der Waals surface area contributed by atoms with Gasteiger partial charge in [-0.25, -0.2) is 0 Å². The first-order chi connectivity index (χ1) is 9.27. The smallest absolute Gasteiger partial charge is 0.419 e. The Bertz CT molecular complexity index is 644. The predicted octanol–water partition coefficient (Wildman–Crippen LogP) is 5.60. The van der Waals surface area contributed by atoms with Gasteiger partial charge in [0.25, 0.3) is 0 Å². The molecule has 0 heterocycles. The fraction of sp³-hybridized carbons (Fsp3) is 0.0769. The molecule has 0 aliphatic heterocycles. The number of alkyl halides is 3. The van der Waals surface area contributed by atoms with Crippen molar-refractivity contribution in [3.8, 4) is 11.5 Å². The van der Waals surface area contributed by atoms with E-state index in [1.165, 1.54) is 18.2 Å². The van der Waals surface area contributed by atoms with Crippen LogP contribution in [0.4, 0.5) is 18.9 Å². The lowest BCUT2D eigenvalue weighted by molar-refractivity contribution is -0.138. The molecule has 0 amide bonds. The van der Waals surface area contributed by atoms with Gasteiger partial charge in [0, 0.05) is 8.95 Å². The van der Waals surface area contributed by atoms with Crippen LogP contribution in [-0.2, 0) is 6.18 Å². The standard InChI is InChI=1S/C13H8Br2F3NO/c14-7-2-4-11(10(19)5-7)20-12-6-8(15)1-3-9(12)13(16,17)18/h1-6H,19H2. The molecule has 0 saturated heterocycles. The van der Waals surface area contributed by atoms with E-state index in [1.807, 2.05) is 0 Å². The molecular weight excluding hydrogens is 403 g/mol. The van der Waals surface area contributed by atoms with E-state index in [0.717, 1.165) is 6.07 Å². The van der Waals surface area contributed by atoms with Crippen LogP contribution in [0.15, 0.2) is 45.3 Å². The lowest BCUT2D eigenvalue weighted by Crippen LogP contribution is -2.07. The van der Waals surface area contributed by atoms with Crippen LogP contribution in [0.25, 0.3) is 0 Å². The zero-order valence-corrected chi connectivity index (χ0v) is 13.0. The van der Waals surface area contributed by atoms with E-state index in [-0.39, 0.29) is 17.2 Å². The quantitative estimate of drug-likeness (QED) is 0.653. The van der Waals surface area contributed by atoms with Gasteiger partial charge in [0.2, 0.25) is 0 Å². The fourth-order valence-corrected chi connectivity index (χ4v) is 2.26. The van der Waals surface area contributed by atoms with Gasteiger partial charge in [0.05, 0.1) is 11.3 Å². The van der Waals surface area contributed by atoms with Crippen molar-refractivity contribution in [2.24, 2.45) is 0 Å². The third-order valence-corrected chi connectivity index (χ3v) is 3.43. The molecular formula is C13H8Br2F3NO. The van der Waals surface area contributed by atoms with Crippen molar-refractivity contribution in [1.82, 2.24) is 0 Å². The number of hydrogen-bond donors (Lipinski definition) is 1. The van der Waals surface area contributed by atoms with E-state index in [9.17, 15) is 13.2 Å². The summed E-state index contributed by atoms with van der Waals surface area (Å²) < 4.78 is 45.2. The molecule has 0 saturated carbocycles. The van der Waals surface area contributed by atoms with Crippen molar-refractivity contribution in [3.05, 3.63) is 50.9 Å². The van der Waals surface area contributed by atoms with Crippen LogP contribution in [0.1, 0.15) is 5.56 Å². The molecule has 2 aromatic carbocycles. The normalized spacial score (nSPS) is 11.4. The minimum atomic E-state index is -4.50. The van der Waals surface area contributed by atoms with Gasteiger partial charge < -0.3 is 10.5 Å². The summed E-state index contributed by atoms with van der Waals surface area (Å²) in [5.41, 5.74) is 5.10. The molecule has 0 unspecified atom stereocenters. The average molecular weight is 411 g/mol. The maximum atomic E-state index is 12.9. The third-order valence-electron chi connectivity index (χ3n) is 2.44. The number of halogens is 5. The molecule has 0 aromatic heterocycles. The van der Waals surface area contributed by atoms with Gasteiger partial charge in [-0.05, 0) is 36.4 Å². The third kappa shape index (κ3) is 3.46. The lowest BCUT2D eigenvalue weighted by Gasteiger charge is -2.15. The highest BCUT2D eigenvalue weighted by Crippen LogP contribution is 2.40. The Labute approximate surface area is 130 Å². The number of anilines is 1. The SMILES string of the molecule is Nc1cc(Br)ccc1Oc1cc(Br)ccc1C(F)(F)F. The molecule has 2 N–H and O–H groups in total. The first kappa shape index (κ1) is 15.2. The van der Waals surface area contributed by atoms with E-state index in [2.05, 4.69) is 31.9 Å². The molecule has 106 valence electrons. The molecule has 20 heavy (non-hydrogen) atoms. The summed E-state index contributed by atoms with van der Waals surface area (Å²) >= 11 is 6.34. The number of rotatable bonds is 2. The molecule has 0 radical (unpaired) electrons. The van der Waals surface area contributed by atoms with Crippen molar-refractivity contribution in [2.45, 2.75) is 6.18 Å². The Morgan fingerprint density at radius 2 is 1.50 bits per heavy atom. The van der Waals surface area contributed by atoms with Gasteiger partial charge in [0.15, 0.2) is 0 Å². The van der Waals surface area contributed by atoms with Crippen LogP contribution in [-0.4, -0.2) is 0 Å². The van der Waals surface area contributed by atoms with Gasteiger partial charge in [-0.3, -0.25) is 0 Å². The highest BCUT2D eigenvalue weighted by atomic mass is 79.9. The highest BCUT2D eigenvalue weighted by molar-refractivity contribution is 9.10. The van der Waals surface area contributed by atoms with Crippen LogP contribution in [0.5, 0.6) is 11.5 Å². The Morgan fingerprint density at radius 1 is 0.900 bits per heavy atom. The zero-order chi connectivity index (χ0) is 14.9. The maximum absolute atomic E-state index is 12.9. The zero-order valence-electron chi connectivity index (χ0n) is 9.84. The van der Waals surface area contributed by atoms with Crippen molar-refractivity contribution in [3.63, 3.8) is 0 Å². The van der Waals surface area contributed by atoms with E-state index < -0.39 is 11.7 Å². The molecule has 0 atom stereocenters. The summed E-state index contributed by atoms with van der Waals surface area (Å²) in [6, 6.07) is 8.21. The lowest BCUT2D eigenvalue weighted by atomic mass is 10.2. The van der Waals surface area contributed by atoms with E-state index in [1.54, 1.807) is 12.1 Å². The van der Waals surface area contributed by atoms with E-state index >= 15 is 0 Å². The average Bonchev–Trinajstić information content (AvgIpc) is 2.31.